The van der Waals surface area contributed by atoms with E-state index in [9.17, 15) is 0 Å². The van der Waals surface area contributed by atoms with Gasteiger partial charge in [-0.2, -0.15) is 5.26 Å². The minimum atomic E-state index is -0.177. The van der Waals surface area contributed by atoms with E-state index >= 15 is 0 Å². The summed E-state index contributed by atoms with van der Waals surface area (Å²) >= 11 is 0. The van der Waals surface area contributed by atoms with Gasteiger partial charge >= 0.3 is 0 Å². The second-order valence-electron chi connectivity index (χ2n) is 3.33. The summed E-state index contributed by atoms with van der Waals surface area (Å²) in [5.74, 6) is 0. The lowest BCUT2D eigenvalue weighted by atomic mass is 10.4. The van der Waals surface area contributed by atoms with Gasteiger partial charge < -0.3 is 14.0 Å². The van der Waals surface area contributed by atoms with Gasteiger partial charge in [-0.15, -0.1) is 0 Å². The van der Waals surface area contributed by atoms with Gasteiger partial charge in [-0.3, -0.25) is 0 Å². The standard InChI is InChI=1S/C12H18N2O2/c1-3-15-12(16-4-2)7-9-14-8-5-6-11(14)10-13/h5-6,8,12H,3-4,7,9H2,1-2H3. The normalized spacial score (nSPS) is 10.6. The molecule has 1 aromatic heterocycles. The number of nitriles is 1. The lowest BCUT2D eigenvalue weighted by molar-refractivity contribution is -0.140. The third-order valence-electron chi connectivity index (χ3n) is 2.25. The van der Waals surface area contributed by atoms with Gasteiger partial charge in [-0.05, 0) is 26.0 Å². The van der Waals surface area contributed by atoms with Gasteiger partial charge in [-0.1, -0.05) is 0 Å². The van der Waals surface area contributed by atoms with Crippen LogP contribution in [0.5, 0.6) is 0 Å². The highest BCUT2D eigenvalue weighted by Crippen LogP contribution is 2.07. The Kier molecular flexibility index (Phi) is 5.62. The molecule has 0 aliphatic carbocycles. The van der Waals surface area contributed by atoms with E-state index < -0.39 is 0 Å². The minimum Gasteiger partial charge on any atom is -0.353 e. The smallest absolute Gasteiger partial charge is 0.159 e. The summed E-state index contributed by atoms with van der Waals surface area (Å²) in [5.41, 5.74) is 0.673. The van der Waals surface area contributed by atoms with Crippen molar-refractivity contribution < 1.29 is 9.47 Å². The van der Waals surface area contributed by atoms with Gasteiger partial charge in [0.2, 0.25) is 0 Å². The van der Waals surface area contributed by atoms with Crippen LogP contribution in [0, 0.1) is 11.3 Å². The lowest BCUT2D eigenvalue weighted by Crippen LogP contribution is -2.19. The summed E-state index contributed by atoms with van der Waals surface area (Å²) in [6, 6.07) is 5.82. The molecule has 0 atom stereocenters. The maximum atomic E-state index is 8.85. The van der Waals surface area contributed by atoms with Crippen molar-refractivity contribution >= 4 is 0 Å². The maximum Gasteiger partial charge on any atom is 0.159 e. The molecule has 0 bridgehead atoms. The molecule has 0 unspecified atom stereocenters. The molecule has 1 rings (SSSR count). The first kappa shape index (κ1) is 12.8. The number of rotatable bonds is 7. The van der Waals surface area contributed by atoms with Crippen molar-refractivity contribution in [2.24, 2.45) is 0 Å². The summed E-state index contributed by atoms with van der Waals surface area (Å²) < 4.78 is 12.8. The van der Waals surface area contributed by atoms with Crippen molar-refractivity contribution in [1.82, 2.24) is 4.57 Å². The molecule has 0 spiro atoms. The van der Waals surface area contributed by atoms with Crippen LogP contribution in [0.15, 0.2) is 18.3 Å². The topological polar surface area (TPSA) is 47.2 Å². The summed E-state index contributed by atoms with van der Waals surface area (Å²) in [4.78, 5) is 0. The SMILES string of the molecule is CCOC(CCn1cccc1C#N)OCC. The molecule has 4 heteroatoms. The lowest BCUT2D eigenvalue weighted by Gasteiger charge is -2.17. The van der Waals surface area contributed by atoms with Crippen LogP contribution >= 0.6 is 0 Å². The summed E-state index contributed by atoms with van der Waals surface area (Å²) in [7, 11) is 0. The Morgan fingerprint density at radius 1 is 1.38 bits per heavy atom. The number of ether oxygens (including phenoxy) is 2. The van der Waals surface area contributed by atoms with Crippen LogP contribution in [0.2, 0.25) is 0 Å². The zero-order valence-corrected chi connectivity index (χ0v) is 9.85. The van der Waals surface area contributed by atoms with Crippen LogP contribution in [-0.2, 0) is 16.0 Å². The van der Waals surface area contributed by atoms with Gasteiger partial charge in [0.05, 0.1) is 0 Å². The summed E-state index contributed by atoms with van der Waals surface area (Å²) in [5, 5.41) is 8.85. The highest BCUT2D eigenvalue weighted by molar-refractivity contribution is 5.21. The van der Waals surface area contributed by atoms with Crippen LogP contribution < -0.4 is 0 Å². The van der Waals surface area contributed by atoms with E-state index in [1.54, 1.807) is 6.07 Å². The van der Waals surface area contributed by atoms with Gasteiger partial charge in [0, 0.05) is 32.4 Å². The molecule has 4 nitrogen and oxygen atoms in total. The molecule has 1 heterocycles. The Bertz CT molecular complexity index is 335. The second kappa shape index (κ2) is 7.04. The van der Waals surface area contributed by atoms with Gasteiger partial charge in [0.25, 0.3) is 0 Å². The second-order valence-corrected chi connectivity index (χ2v) is 3.33. The number of nitrogens with zero attached hydrogens (tertiary/aromatic N) is 2. The fourth-order valence-corrected chi connectivity index (χ4v) is 1.54. The largest absolute Gasteiger partial charge is 0.353 e. The predicted octanol–water partition coefficient (Wildman–Crippen LogP) is 2.15. The first-order chi connectivity index (χ1) is 7.81. The zero-order valence-electron chi connectivity index (χ0n) is 9.85. The number of aromatic nitrogens is 1. The van der Waals surface area contributed by atoms with Crippen molar-refractivity contribution in [1.29, 1.82) is 5.26 Å². The molecule has 0 fully saturated rings. The van der Waals surface area contributed by atoms with Crippen LogP contribution in [0.3, 0.4) is 0 Å². The average molecular weight is 222 g/mol. The van der Waals surface area contributed by atoms with Gasteiger partial charge in [-0.25, -0.2) is 0 Å². The molecule has 16 heavy (non-hydrogen) atoms. The van der Waals surface area contributed by atoms with E-state index in [2.05, 4.69) is 6.07 Å². The molecule has 0 amide bonds. The van der Waals surface area contributed by atoms with E-state index in [1.165, 1.54) is 0 Å². The van der Waals surface area contributed by atoms with Crippen molar-refractivity contribution in [2.45, 2.75) is 33.1 Å². The van der Waals surface area contributed by atoms with Crippen LogP contribution in [0.25, 0.3) is 0 Å². The molecule has 0 aliphatic rings. The van der Waals surface area contributed by atoms with Crippen LogP contribution in [-0.4, -0.2) is 24.1 Å². The third-order valence-corrected chi connectivity index (χ3v) is 2.25. The Morgan fingerprint density at radius 2 is 2.06 bits per heavy atom. The molecule has 0 aliphatic heterocycles. The number of hydrogen-bond acceptors (Lipinski definition) is 3. The van der Waals surface area contributed by atoms with Gasteiger partial charge in [0.15, 0.2) is 6.29 Å². The molecule has 88 valence electrons. The minimum absolute atomic E-state index is 0.177. The van der Waals surface area contributed by atoms with E-state index in [4.69, 9.17) is 14.7 Å². The van der Waals surface area contributed by atoms with Gasteiger partial charge in [0.1, 0.15) is 11.8 Å². The van der Waals surface area contributed by atoms with E-state index in [1.807, 2.05) is 30.7 Å². The molecule has 0 N–H and O–H groups in total. The zero-order chi connectivity index (χ0) is 11.8. The fourth-order valence-electron chi connectivity index (χ4n) is 1.54. The maximum absolute atomic E-state index is 8.85. The van der Waals surface area contributed by atoms with E-state index in [0.717, 1.165) is 13.0 Å². The Morgan fingerprint density at radius 3 is 2.62 bits per heavy atom. The molecule has 0 aromatic carbocycles. The van der Waals surface area contributed by atoms with Crippen LogP contribution in [0.1, 0.15) is 26.0 Å². The number of hydrogen-bond donors (Lipinski definition) is 0. The summed E-state index contributed by atoms with van der Waals surface area (Å²) in [6.07, 6.45) is 2.47. The first-order valence-electron chi connectivity index (χ1n) is 5.60. The molecule has 0 radical (unpaired) electrons. The molecular formula is C12H18N2O2. The monoisotopic (exact) mass is 222 g/mol. The first-order valence-corrected chi connectivity index (χ1v) is 5.60. The Labute approximate surface area is 96.4 Å². The molecular weight excluding hydrogens is 204 g/mol. The molecule has 0 saturated carbocycles. The number of aryl methyl sites for hydroxylation is 1. The molecule has 1 aromatic rings. The van der Waals surface area contributed by atoms with Crippen molar-refractivity contribution in [3.05, 3.63) is 24.0 Å². The van der Waals surface area contributed by atoms with Crippen molar-refractivity contribution in [3.63, 3.8) is 0 Å². The molecule has 0 saturated heterocycles. The van der Waals surface area contributed by atoms with Crippen molar-refractivity contribution in [3.8, 4) is 6.07 Å². The van der Waals surface area contributed by atoms with E-state index in [0.29, 0.717) is 18.9 Å². The predicted molar refractivity (Wildman–Crippen MR) is 60.8 cm³/mol. The summed E-state index contributed by atoms with van der Waals surface area (Å²) in [6.45, 7) is 5.91. The third kappa shape index (κ3) is 3.69. The van der Waals surface area contributed by atoms with Crippen LogP contribution in [0.4, 0.5) is 0 Å². The van der Waals surface area contributed by atoms with E-state index in [-0.39, 0.29) is 6.29 Å². The highest BCUT2D eigenvalue weighted by atomic mass is 16.7. The fraction of sp³-hybridized carbons (Fsp3) is 0.583. The average Bonchev–Trinajstić information content (AvgIpc) is 2.74. The quantitative estimate of drug-likeness (QED) is 0.664. The highest BCUT2D eigenvalue weighted by Gasteiger charge is 2.08. The Hall–Kier alpha value is -1.31. The van der Waals surface area contributed by atoms with Crippen molar-refractivity contribution in [2.75, 3.05) is 13.2 Å². The Balaban J connectivity index is 2.45.